The third kappa shape index (κ3) is 7.46. The SMILES string of the molecule is CC(=O)N1CCc2c(c(N3CCCc4cc(-c5cc6nccn6cc5C(=O)NCCNc5cccc6c5C(=O)N(C5CCC(=O)NC5=O)C6=O)c(C(F)F)cc43)nn2C2CCOCC2)C1. The van der Waals surface area contributed by atoms with Gasteiger partial charge in [0.15, 0.2) is 5.82 Å². The fourth-order valence-corrected chi connectivity index (χ4v) is 9.92. The third-order valence-corrected chi connectivity index (χ3v) is 13.2. The van der Waals surface area contributed by atoms with Crippen molar-refractivity contribution in [2.45, 2.75) is 76.9 Å². The minimum Gasteiger partial charge on any atom is -0.383 e. The Balaban J connectivity index is 0.928. The summed E-state index contributed by atoms with van der Waals surface area (Å²) in [4.78, 5) is 87.1. The van der Waals surface area contributed by atoms with Crippen LogP contribution in [0.1, 0.15) is 105 Å². The largest absolute Gasteiger partial charge is 0.383 e. The van der Waals surface area contributed by atoms with Crippen LogP contribution in [0.4, 0.5) is 26.0 Å². The van der Waals surface area contributed by atoms with Gasteiger partial charge in [-0.15, -0.1) is 0 Å². The van der Waals surface area contributed by atoms with Gasteiger partial charge in [-0.1, -0.05) is 6.07 Å². The number of pyridine rings is 1. The number of nitrogens with zero attached hydrogens (tertiary/aromatic N) is 7. The van der Waals surface area contributed by atoms with Gasteiger partial charge in [-0.2, -0.15) is 5.10 Å². The van der Waals surface area contributed by atoms with E-state index in [2.05, 4.69) is 25.6 Å². The van der Waals surface area contributed by atoms with Crippen molar-refractivity contribution in [3.05, 3.63) is 94.1 Å². The highest BCUT2D eigenvalue weighted by molar-refractivity contribution is 6.25. The topological polar surface area (TPSA) is 193 Å². The number of benzene rings is 2. The summed E-state index contributed by atoms with van der Waals surface area (Å²) in [6, 6.07) is 8.62. The summed E-state index contributed by atoms with van der Waals surface area (Å²) >= 11 is 0. The van der Waals surface area contributed by atoms with Crippen LogP contribution in [0.5, 0.6) is 0 Å². The number of nitrogens with one attached hydrogen (secondary N) is 3. The summed E-state index contributed by atoms with van der Waals surface area (Å²) in [5.41, 5.74) is 4.76. The molecular weight excluding hydrogens is 843 g/mol. The van der Waals surface area contributed by atoms with Crippen LogP contribution < -0.4 is 20.9 Å². The molecule has 3 N–H and O–H groups in total. The normalized spacial score (nSPS) is 18.8. The van der Waals surface area contributed by atoms with Crippen molar-refractivity contribution >= 4 is 58.3 Å². The number of piperidine rings is 1. The molecule has 5 aromatic rings. The number of ether oxygens (including phenoxy) is 1. The highest BCUT2D eigenvalue weighted by atomic mass is 19.3. The van der Waals surface area contributed by atoms with E-state index < -0.39 is 42.0 Å². The number of aromatic nitrogens is 4. The number of anilines is 3. The van der Waals surface area contributed by atoms with E-state index in [-0.39, 0.29) is 71.3 Å². The Kier molecular flexibility index (Phi) is 10.9. The lowest BCUT2D eigenvalue weighted by atomic mass is 9.90. The first-order chi connectivity index (χ1) is 31.5. The maximum Gasteiger partial charge on any atom is 0.264 e. The van der Waals surface area contributed by atoms with Crippen LogP contribution >= 0.6 is 0 Å². The Labute approximate surface area is 371 Å². The Morgan fingerprint density at radius 2 is 1.78 bits per heavy atom. The van der Waals surface area contributed by atoms with Crippen LogP contribution in [0.15, 0.2) is 55.0 Å². The van der Waals surface area contributed by atoms with Gasteiger partial charge in [0.2, 0.25) is 17.7 Å². The molecule has 3 aromatic heterocycles. The van der Waals surface area contributed by atoms with Gasteiger partial charge < -0.3 is 29.6 Å². The lowest BCUT2D eigenvalue weighted by Gasteiger charge is -2.33. The van der Waals surface area contributed by atoms with Crippen LogP contribution in [0.2, 0.25) is 0 Å². The fourth-order valence-electron chi connectivity index (χ4n) is 9.92. The van der Waals surface area contributed by atoms with Gasteiger partial charge in [-0.25, -0.2) is 13.8 Å². The zero-order valence-corrected chi connectivity index (χ0v) is 35.6. The molecule has 0 bridgehead atoms. The molecule has 1 atom stereocenters. The molecule has 336 valence electrons. The number of hydrogen-bond acceptors (Lipinski definition) is 11. The highest BCUT2D eigenvalue weighted by Gasteiger charge is 2.45. The minimum absolute atomic E-state index is 0.00651. The van der Waals surface area contributed by atoms with Crippen molar-refractivity contribution in [1.29, 1.82) is 0 Å². The van der Waals surface area contributed by atoms with E-state index in [1.54, 1.807) is 59.1 Å². The number of alkyl halides is 2. The van der Waals surface area contributed by atoms with Crippen molar-refractivity contribution in [1.82, 2.24) is 39.6 Å². The first kappa shape index (κ1) is 42.0. The van der Waals surface area contributed by atoms with E-state index in [9.17, 15) is 28.8 Å². The van der Waals surface area contributed by atoms with E-state index in [1.165, 1.54) is 12.1 Å². The molecule has 0 saturated carbocycles. The molecule has 0 radical (unpaired) electrons. The molecule has 1 unspecified atom stereocenters. The molecule has 0 spiro atoms. The number of carbonyl (C=O) groups is 6. The first-order valence-electron chi connectivity index (χ1n) is 22.0. The first-order valence-corrected chi connectivity index (χ1v) is 22.0. The van der Waals surface area contributed by atoms with Gasteiger partial charge in [-0.05, 0) is 73.6 Å². The van der Waals surface area contributed by atoms with E-state index in [1.807, 2.05) is 4.90 Å². The summed E-state index contributed by atoms with van der Waals surface area (Å²) < 4.78 is 40.3. The van der Waals surface area contributed by atoms with Crippen LogP contribution in [0.3, 0.4) is 0 Å². The van der Waals surface area contributed by atoms with Crippen molar-refractivity contribution in [3.8, 4) is 11.1 Å². The summed E-state index contributed by atoms with van der Waals surface area (Å²) in [6.07, 6.45) is 5.45. The molecule has 5 aliphatic rings. The van der Waals surface area contributed by atoms with E-state index in [4.69, 9.17) is 9.84 Å². The predicted molar refractivity (Wildman–Crippen MR) is 231 cm³/mol. The lowest BCUT2D eigenvalue weighted by Crippen LogP contribution is -2.54. The second-order valence-electron chi connectivity index (χ2n) is 17.0. The van der Waals surface area contributed by atoms with Gasteiger partial charge in [0.05, 0.1) is 29.3 Å². The minimum atomic E-state index is -2.91. The molecule has 0 aliphatic carbocycles. The van der Waals surface area contributed by atoms with Gasteiger partial charge in [0.25, 0.3) is 24.1 Å². The Morgan fingerprint density at radius 1 is 0.954 bits per heavy atom. The molecule has 10 rings (SSSR count). The molecule has 2 aromatic carbocycles. The number of carbonyl (C=O) groups excluding carboxylic acids is 6. The summed E-state index contributed by atoms with van der Waals surface area (Å²) in [7, 11) is 0. The second-order valence-corrected chi connectivity index (χ2v) is 17.0. The standard InChI is InChI=1S/C46H46F2N10O7/c1-25(59)54-16-9-35-33(24-54)42(53-58(35)27-10-18-65-19-11-27)56-15-3-4-26-20-29(31(41(47)48)21-37(26)56)30-22-38-50-14-17-55(38)23-32(30)43(61)51-13-12-49-34-6-2-5-28-40(34)46(64)57(45(28)63)36-7-8-39(60)52-44(36)62/h2,5-6,14,17,20-23,27,36,41,49H,3-4,7-13,15-16,18-19,24H2,1H3,(H,51,61)(H,52,60,62). The molecule has 17 nitrogen and oxygen atoms in total. The van der Waals surface area contributed by atoms with Crippen LogP contribution in [-0.4, -0.2) is 110 Å². The maximum absolute atomic E-state index is 15.5. The van der Waals surface area contributed by atoms with E-state index >= 15 is 8.78 Å². The van der Waals surface area contributed by atoms with Crippen LogP contribution in [0.25, 0.3) is 16.8 Å². The van der Waals surface area contributed by atoms with Crippen LogP contribution in [0, 0.1) is 0 Å². The summed E-state index contributed by atoms with van der Waals surface area (Å²) in [5.74, 6) is -2.40. The van der Waals surface area contributed by atoms with Gasteiger partial charge in [-0.3, -0.25) is 43.7 Å². The monoisotopic (exact) mass is 888 g/mol. The smallest absolute Gasteiger partial charge is 0.264 e. The zero-order valence-electron chi connectivity index (χ0n) is 35.6. The van der Waals surface area contributed by atoms with Crippen molar-refractivity contribution in [3.63, 3.8) is 0 Å². The quantitative estimate of drug-likeness (QED) is 0.130. The number of imidazole rings is 1. The number of hydrogen-bond donors (Lipinski definition) is 3. The third-order valence-electron chi connectivity index (χ3n) is 13.2. The Bertz CT molecular complexity index is 2810. The zero-order chi connectivity index (χ0) is 45.1. The predicted octanol–water partition coefficient (Wildman–Crippen LogP) is 4.72. The average molecular weight is 889 g/mol. The molecule has 8 heterocycles. The van der Waals surface area contributed by atoms with Crippen molar-refractivity contribution < 1.29 is 42.3 Å². The lowest BCUT2D eigenvalue weighted by molar-refractivity contribution is -0.136. The van der Waals surface area contributed by atoms with Crippen LogP contribution in [-0.2, 0) is 38.5 Å². The molecule has 5 aliphatic heterocycles. The second kappa shape index (κ2) is 16.8. The molecule has 6 amide bonds. The number of rotatable bonds is 10. The molecule has 2 saturated heterocycles. The summed E-state index contributed by atoms with van der Waals surface area (Å²) in [6.45, 7) is 4.44. The molecule has 65 heavy (non-hydrogen) atoms. The maximum atomic E-state index is 15.5. The number of amides is 6. The number of imide groups is 2. The number of aryl methyl sites for hydroxylation is 1. The molecule has 19 heteroatoms. The average Bonchev–Trinajstić information content (AvgIpc) is 4.00. The number of halogens is 2. The fraction of sp³-hybridized carbons (Fsp3) is 0.391. The Morgan fingerprint density at radius 3 is 2.57 bits per heavy atom. The Hall–Kier alpha value is -7.02. The van der Waals surface area contributed by atoms with Gasteiger partial charge in [0, 0.05) is 112 Å². The van der Waals surface area contributed by atoms with Crippen molar-refractivity contribution in [2.75, 3.05) is 49.6 Å². The molecule has 2 fully saturated rings. The summed E-state index contributed by atoms with van der Waals surface area (Å²) in [5, 5.41) is 13.4. The molecular formula is C46H46F2N10O7. The van der Waals surface area contributed by atoms with Gasteiger partial charge in [0.1, 0.15) is 11.7 Å². The highest BCUT2D eigenvalue weighted by Crippen LogP contribution is 2.44. The number of fused-ring (bicyclic) bond motifs is 4. The van der Waals surface area contributed by atoms with Gasteiger partial charge >= 0.3 is 0 Å². The van der Waals surface area contributed by atoms with E-state index in [0.717, 1.165) is 41.0 Å². The van der Waals surface area contributed by atoms with E-state index in [0.29, 0.717) is 68.5 Å². The van der Waals surface area contributed by atoms with Crippen molar-refractivity contribution in [2.24, 2.45) is 0 Å².